The monoisotopic (exact) mass is 118 g/mol. The molecule has 0 rings (SSSR count). The number of hydrogen-bond acceptors (Lipinski definition) is 3. The van der Waals surface area contributed by atoms with Gasteiger partial charge in [0.15, 0.2) is 0 Å². The summed E-state index contributed by atoms with van der Waals surface area (Å²) >= 11 is 0.810. The fourth-order valence-electron chi connectivity index (χ4n) is 0.0850. The molecule has 0 spiro atoms. The van der Waals surface area contributed by atoms with Crippen molar-refractivity contribution >= 4 is 17.1 Å². The molecule has 0 amide bonds. The van der Waals surface area contributed by atoms with E-state index in [1.54, 1.807) is 0 Å². The van der Waals surface area contributed by atoms with Gasteiger partial charge in [-0.05, 0) is 6.26 Å². The van der Waals surface area contributed by atoms with Crippen molar-refractivity contribution in [3.05, 3.63) is 0 Å². The van der Waals surface area contributed by atoms with Gasteiger partial charge < -0.3 is 0 Å². The SMILES string of the molecule is CS/C(F)=N\C#N. The van der Waals surface area contributed by atoms with Gasteiger partial charge in [0, 0.05) is 0 Å². The first-order valence-corrected chi connectivity index (χ1v) is 2.70. The average Bonchev–Trinajstić information content (AvgIpc) is 1.68. The van der Waals surface area contributed by atoms with E-state index in [9.17, 15) is 4.39 Å². The molecule has 0 saturated heterocycles. The first-order valence-electron chi connectivity index (χ1n) is 1.47. The van der Waals surface area contributed by atoms with Gasteiger partial charge in [0.2, 0.25) is 6.19 Å². The summed E-state index contributed by atoms with van der Waals surface area (Å²) in [5, 5.41) is 6.98. The van der Waals surface area contributed by atoms with Crippen molar-refractivity contribution in [2.45, 2.75) is 0 Å². The second-order valence-corrected chi connectivity index (χ2v) is 1.41. The molecule has 7 heavy (non-hydrogen) atoms. The largest absolute Gasteiger partial charge is 0.257 e. The van der Waals surface area contributed by atoms with Crippen LogP contribution in [0.25, 0.3) is 0 Å². The van der Waals surface area contributed by atoms with E-state index in [4.69, 9.17) is 5.26 Å². The minimum absolute atomic E-state index is 0.692. The van der Waals surface area contributed by atoms with Crippen molar-refractivity contribution in [2.75, 3.05) is 6.26 Å². The maximum absolute atomic E-state index is 11.6. The molecule has 0 unspecified atom stereocenters. The third-order valence-corrected chi connectivity index (χ3v) is 0.735. The van der Waals surface area contributed by atoms with Gasteiger partial charge in [0.1, 0.15) is 0 Å². The molecule has 0 saturated carbocycles. The molecule has 0 aromatic heterocycles. The van der Waals surface area contributed by atoms with Gasteiger partial charge in [0.05, 0.1) is 0 Å². The predicted molar refractivity (Wildman–Crippen MR) is 27.7 cm³/mol. The summed E-state index contributed by atoms with van der Waals surface area (Å²) in [6.07, 6.45) is 2.82. The van der Waals surface area contributed by atoms with Crippen LogP contribution >= 0.6 is 11.8 Å². The Morgan fingerprint density at radius 1 is 2.00 bits per heavy atom. The summed E-state index contributed by atoms with van der Waals surface area (Å²) in [5.41, 5.74) is 0. The van der Waals surface area contributed by atoms with Crippen molar-refractivity contribution in [1.82, 2.24) is 0 Å². The topological polar surface area (TPSA) is 36.1 Å². The van der Waals surface area contributed by atoms with E-state index in [0.29, 0.717) is 0 Å². The second-order valence-electron chi connectivity index (χ2n) is 0.669. The Labute approximate surface area is 45.0 Å². The molecule has 0 radical (unpaired) electrons. The van der Waals surface area contributed by atoms with Crippen LogP contribution in [0.3, 0.4) is 0 Å². The normalized spacial score (nSPS) is 10.7. The summed E-state index contributed by atoms with van der Waals surface area (Å²) in [4.78, 5) is 2.76. The lowest BCUT2D eigenvalue weighted by Crippen LogP contribution is -1.72. The van der Waals surface area contributed by atoms with Gasteiger partial charge in [-0.25, -0.2) is 0 Å². The number of nitriles is 1. The molecule has 0 fully saturated rings. The van der Waals surface area contributed by atoms with Crippen LogP contribution in [-0.2, 0) is 0 Å². The van der Waals surface area contributed by atoms with E-state index in [0.717, 1.165) is 11.8 Å². The number of thioether (sulfide) groups is 1. The van der Waals surface area contributed by atoms with Gasteiger partial charge in [-0.15, -0.1) is 4.99 Å². The second kappa shape index (κ2) is 3.62. The molecule has 0 atom stereocenters. The highest BCUT2D eigenvalue weighted by Gasteiger charge is 1.85. The molecule has 0 aliphatic carbocycles. The Morgan fingerprint density at radius 2 is 2.57 bits per heavy atom. The minimum atomic E-state index is -0.692. The molecule has 0 N–H and O–H groups in total. The third-order valence-electron chi connectivity index (χ3n) is 0.306. The summed E-state index contributed by atoms with van der Waals surface area (Å²) in [7, 11) is 0. The summed E-state index contributed by atoms with van der Waals surface area (Å²) < 4.78 is 11.6. The van der Waals surface area contributed by atoms with Crippen LogP contribution in [0.4, 0.5) is 4.39 Å². The fourth-order valence-corrected chi connectivity index (χ4v) is 0.217. The Balaban J connectivity index is 3.56. The lowest BCUT2D eigenvalue weighted by atomic mass is 11.3. The molecule has 38 valence electrons. The maximum atomic E-state index is 11.6. The third kappa shape index (κ3) is 3.27. The Bertz CT molecular complexity index is 115. The van der Waals surface area contributed by atoms with Gasteiger partial charge in [-0.2, -0.15) is 9.65 Å². The number of nitrogens with zero attached hydrogens (tertiary/aromatic N) is 2. The lowest BCUT2D eigenvalue weighted by Gasteiger charge is -1.76. The molecule has 0 aromatic rings. The van der Waals surface area contributed by atoms with Gasteiger partial charge in [-0.3, -0.25) is 0 Å². The highest BCUT2D eigenvalue weighted by molar-refractivity contribution is 8.12. The summed E-state index contributed by atoms with van der Waals surface area (Å²) in [5.74, 6) is 0. The average molecular weight is 118 g/mol. The Morgan fingerprint density at radius 3 is 2.71 bits per heavy atom. The maximum Gasteiger partial charge on any atom is 0.257 e. The number of halogens is 1. The minimum Gasteiger partial charge on any atom is -0.176 e. The first kappa shape index (κ1) is 6.44. The smallest absolute Gasteiger partial charge is 0.176 e. The molecule has 0 aromatic carbocycles. The van der Waals surface area contributed by atoms with Crippen LogP contribution in [0, 0.1) is 11.5 Å². The zero-order chi connectivity index (χ0) is 5.70. The number of rotatable bonds is 0. The van der Waals surface area contributed by atoms with E-state index in [1.165, 1.54) is 12.4 Å². The first-order chi connectivity index (χ1) is 3.31. The fraction of sp³-hybridized carbons (Fsp3) is 0.333. The van der Waals surface area contributed by atoms with E-state index >= 15 is 0 Å². The number of aliphatic imine (C=N–C) groups is 1. The zero-order valence-corrected chi connectivity index (χ0v) is 4.50. The highest BCUT2D eigenvalue weighted by atomic mass is 32.2. The van der Waals surface area contributed by atoms with Crippen molar-refractivity contribution in [3.63, 3.8) is 0 Å². The number of hydrogen-bond donors (Lipinski definition) is 0. The van der Waals surface area contributed by atoms with Crippen molar-refractivity contribution in [3.8, 4) is 6.19 Å². The molecular weight excluding hydrogens is 115 g/mol. The zero-order valence-electron chi connectivity index (χ0n) is 3.68. The van der Waals surface area contributed by atoms with Crippen LogP contribution in [0.1, 0.15) is 0 Å². The molecule has 2 nitrogen and oxygen atoms in total. The molecule has 0 aliphatic rings. The molecule has 0 bridgehead atoms. The molecule has 4 heteroatoms. The van der Waals surface area contributed by atoms with Crippen LogP contribution < -0.4 is 0 Å². The van der Waals surface area contributed by atoms with Crippen molar-refractivity contribution in [1.29, 1.82) is 5.26 Å². The summed E-state index contributed by atoms with van der Waals surface area (Å²) in [6, 6.07) is 0. The summed E-state index contributed by atoms with van der Waals surface area (Å²) in [6.45, 7) is 0. The van der Waals surface area contributed by atoms with Crippen molar-refractivity contribution < 1.29 is 4.39 Å². The van der Waals surface area contributed by atoms with Crippen LogP contribution in [0.15, 0.2) is 4.99 Å². The molecule has 0 heterocycles. The van der Waals surface area contributed by atoms with E-state index in [1.807, 2.05) is 0 Å². The quantitative estimate of drug-likeness (QED) is 0.272. The Kier molecular flexibility index (Phi) is 3.33. The van der Waals surface area contributed by atoms with E-state index in [-0.39, 0.29) is 0 Å². The van der Waals surface area contributed by atoms with Crippen LogP contribution in [0.5, 0.6) is 0 Å². The van der Waals surface area contributed by atoms with Gasteiger partial charge in [-0.1, -0.05) is 11.8 Å². The Hall–Kier alpha value is -0.560. The van der Waals surface area contributed by atoms with Crippen LogP contribution in [0.2, 0.25) is 0 Å². The van der Waals surface area contributed by atoms with Crippen LogP contribution in [-0.4, -0.2) is 11.6 Å². The molecule has 0 aliphatic heterocycles. The van der Waals surface area contributed by atoms with E-state index in [2.05, 4.69) is 4.99 Å². The van der Waals surface area contributed by atoms with E-state index < -0.39 is 5.30 Å². The van der Waals surface area contributed by atoms with Crippen molar-refractivity contribution in [2.24, 2.45) is 4.99 Å². The van der Waals surface area contributed by atoms with Gasteiger partial charge >= 0.3 is 0 Å². The molecular formula is C3H3FN2S. The highest BCUT2D eigenvalue weighted by Crippen LogP contribution is 1.96. The van der Waals surface area contributed by atoms with Gasteiger partial charge in [0.25, 0.3) is 5.30 Å². The predicted octanol–water partition coefficient (Wildman–Crippen LogP) is 1.16. The lowest BCUT2D eigenvalue weighted by molar-refractivity contribution is 0.831. The standard InChI is InChI=1S/C3H3FN2S/c1-7-3(4)6-2-5/h1H3/b6-3-.